The molecule has 1 fully saturated rings. The van der Waals surface area contributed by atoms with Crippen molar-refractivity contribution in [2.45, 2.75) is 31.6 Å². The molecular weight excluding hydrogens is 391 g/mol. The van der Waals surface area contributed by atoms with Gasteiger partial charge in [0, 0.05) is 35.2 Å². The average molecular weight is 417 g/mol. The van der Waals surface area contributed by atoms with Gasteiger partial charge in [-0.3, -0.25) is 4.79 Å². The Hall–Kier alpha value is -2.25. The molecule has 1 saturated heterocycles. The largest absolute Gasteiger partial charge is 0.469 e. The van der Waals surface area contributed by atoms with Gasteiger partial charge in [0.25, 0.3) is 0 Å². The van der Waals surface area contributed by atoms with Gasteiger partial charge in [0.15, 0.2) is 5.58 Å². The van der Waals surface area contributed by atoms with E-state index in [0.29, 0.717) is 17.9 Å². The third-order valence-corrected chi connectivity index (χ3v) is 6.60. The number of rotatable bonds is 7. The first-order valence-corrected chi connectivity index (χ1v) is 10.9. The van der Waals surface area contributed by atoms with Gasteiger partial charge < -0.3 is 14.2 Å². The van der Waals surface area contributed by atoms with Gasteiger partial charge in [-0.25, -0.2) is 4.39 Å². The number of aromatic nitrogens is 1. The van der Waals surface area contributed by atoms with E-state index in [9.17, 15) is 9.18 Å². The number of hydrogen-bond donors (Lipinski definition) is 0. The minimum absolute atomic E-state index is 0.150. The molecule has 0 N–H and O–H groups in total. The second-order valence-corrected chi connectivity index (χ2v) is 8.75. The van der Waals surface area contributed by atoms with E-state index in [-0.39, 0.29) is 17.7 Å². The van der Waals surface area contributed by atoms with Crippen LogP contribution in [0.3, 0.4) is 0 Å². The molecule has 0 saturated carbocycles. The van der Waals surface area contributed by atoms with Crippen LogP contribution in [0, 0.1) is 11.7 Å². The average Bonchev–Trinajstić information content (AvgIpc) is 3.38. The number of benzene rings is 1. The predicted molar refractivity (Wildman–Crippen MR) is 111 cm³/mol. The van der Waals surface area contributed by atoms with E-state index in [2.05, 4.69) is 27.6 Å². The molecule has 0 unspecified atom stereocenters. The number of carbonyl (C=O) groups is 1. The Morgan fingerprint density at radius 2 is 2.21 bits per heavy atom. The van der Waals surface area contributed by atoms with Gasteiger partial charge in [-0.15, -0.1) is 11.3 Å². The summed E-state index contributed by atoms with van der Waals surface area (Å²) in [7, 11) is 1.45. The zero-order chi connectivity index (χ0) is 20.2. The molecule has 154 valence electrons. The quantitative estimate of drug-likeness (QED) is 0.526. The van der Waals surface area contributed by atoms with Crippen LogP contribution in [0.1, 0.15) is 35.8 Å². The molecular formula is C22H25FN2O3S. The van der Waals surface area contributed by atoms with Gasteiger partial charge in [0.2, 0.25) is 0 Å². The van der Waals surface area contributed by atoms with Crippen molar-refractivity contribution in [3.05, 3.63) is 52.1 Å². The van der Waals surface area contributed by atoms with Crippen molar-refractivity contribution in [3.8, 4) is 0 Å². The predicted octanol–water partition coefficient (Wildman–Crippen LogP) is 4.63. The summed E-state index contributed by atoms with van der Waals surface area (Å²) in [5.74, 6) is 0.1000. The molecule has 3 heterocycles. The number of thiophene rings is 1. The fourth-order valence-electron chi connectivity index (χ4n) is 4.21. The summed E-state index contributed by atoms with van der Waals surface area (Å²) in [4.78, 5) is 15.6. The number of ether oxygens (including phenoxy) is 1. The summed E-state index contributed by atoms with van der Waals surface area (Å²) in [5.41, 5.74) is 1.45. The Balaban J connectivity index is 1.37. The molecule has 1 aromatic carbocycles. The molecule has 0 spiro atoms. The summed E-state index contributed by atoms with van der Waals surface area (Å²) in [6.45, 7) is 2.77. The van der Waals surface area contributed by atoms with Gasteiger partial charge in [0.05, 0.1) is 12.8 Å². The van der Waals surface area contributed by atoms with Crippen LogP contribution in [0.25, 0.3) is 11.0 Å². The first-order chi connectivity index (χ1) is 14.1. The maximum atomic E-state index is 13.4. The highest BCUT2D eigenvalue weighted by Crippen LogP contribution is 2.33. The summed E-state index contributed by atoms with van der Waals surface area (Å²) in [6.07, 6.45) is 3.28. The van der Waals surface area contributed by atoms with Gasteiger partial charge in [-0.05, 0) is 61.8 Å². The molecule has 3 aromatic rings. The SMILES string of the molecule is COC(=O)C[C@H](Cc1cccs1)CN1CCC(c2noc3cc(F)ccc23)CC1. The van der Waals surface area contributed by atoms with Crippen molar-refractivity contribution >= 4 is 28.3 Å². The van der Waals surface area contributed by atoms with E-state index >= 15 is 0 Å². The molecule has 7 heteroatoms. The number of fused-ring (bicyclic) bond motifs is 1. The number of hydrogen-bond acceptors (Lipinski definition) is 6. The molecule has 1 aliphatic rings. The van der Waals surface area contributed by atoms with Gasteiger partial charge in [-0.1, -0.05) is 11.2 Å². The molecule has 5 nitrogen and oxygen atoms in total. The number of carbonyl (C=O) groups excluding carboxylic acids is 1. The zero-order valence-electron chi connectivity index (χ0n) is 16.5. The van der Waals surface area contributed by atoms with E-state index in [4.69, 9.17) is 9.26 Å². The van der Waals surface area contributed by atoms with Gasteiger partial charge in [0.1, 0.15) is 5.82 Å². The third kappa shape index (κ3) is 4.85. The smallest absolute Gasteiger partial charge is 0.305 e. The van der Waals surface area contributed by atoms with Crippen LogP contribution in [0.2, 0.25) is 0 Å². The Kier molecular flexibility index (Phi) is 6.25. The lowest BCUT2D eigenvalue weighted by Gasteiger charge is -2.33. The molecule has 1 aliphatic heterocycles. The van der Waals surface area contributed by atoms with Crippen LogP contribution < -0.4 is 0 Å². The first kappa shape index (κ1) is 20.0. The van der Waals surface area contributed by atoms with Crippen molar-refractivity contribution in [3.63, 3.8) is 0 Å². The second-order valence-electron chi connectivity index (χ2n) is 7.71. The molecule has 0 amide bonds. The highest BCUT2D eigenvalue weighted by molar-refractivity contribution is 7.09. The fourth-order valence-corrected chi connectivity index (χ4v) is 5.03. The topological polar surface area (TPSA) is 55.6 Å². The van der Waals surface area contributed by atoms with Gasteiger partial charge in [-0.2, -0.15) is 0 Å². The Bertz CT molecular complexity index is 948. The zero-order valence-corrected chi connectivity index (χ0v) is 17.3. The second kappa shape index (κ2) is 9.05. The number of likely N-dealkylation sites (tertiary alicyclic amines) is 1. The molecule has 1 atom stereocenters. The summed E-state index contributed by atoms with van der Waals surface area (Å²) in [6, 6.07) is 8.79. The van der Waals surface area contributed by atoms with Crippen LogP contribution in [-0.2, 0) is 16.0 Å². The molecule has 0 bridgehead atoms. The van der Waals surface area contributed by atoms with Crippen LogP contribution in [0.5, 0.6) is 0 Å². The molecule has 29 heavy (non-hydrogen) atoms. The molecule has 0 aliphatic carbocycles. The number of esters is 1. The maximum absolute atomic E-state index is 13.4. The number of methoxy groups -OCH3 is 1. The third-order valence-electron chi connectivity index (χ3n) is 5.71. The highest BCUT2D eigenvalue weighted by atomic mass is 32.1. The van der Waals surface area contributed by atoms with E-state index in [1.165, 1.54) is 24.1 Å². The van der Waals surface area contributed by atoms with Crippen LogP contribution in [-0.4, -0.2) is 42.8 Å². The number of piperidine rings is 1. The van der Waals surface area contributed by atoms with Crippen LogP contribution >= 0.6 is 11.3 Å². The summed E-state index contributed by atoms with van der Waals surface area (Å²) < 4.78 is 23.6. The lowest BCUT2D eigenvalue weighted by molar-refractivity contribution is -0.141. The number of halogens is 1. The van der Waals surface area contributed by atoms with Crippen molar-refractivity contribution in [2.24, 2.45) is 5.92 Å². The van der Waals surface area contributed by atoms with Crippen LogP contribution in [0.15, 0.2) is 40.2 Å². The van der Waals surface area contributed by atoms with Crippen molar-refractivity contribution < 1.29 is 18.4 Å². The summed E-state index contributed by atoms with van der Waals surface area (Å²) in [5, 5.41) is 7.21. The Morgan fingerprint density at radius 3 is 2.93 bits per heavy atom. The first-order valence-electron chi connectivity index (χ1n) is 9.98. The number of nitrogens with zero attached hydrogens (tertiary/aromatic N) is 2. The minimum atomic E-state index is -0.308. The van der Waals surface area contributed by atoms with E-state index in [1.807, 2.05) is 0 Å². The highest BCUT2D eigenvalue weighted by Gasteiger charge is 2.27. The maximum Gasteiger partial charge on any atom is 0.305 e. The van der Waals surface area contributed by atoms with Crippen molar-refractivity contribution in [1.29, 1.82) is 0 Å². The Morgan fingerprint density at radius 1 is 1.38 bits per heavy atom. The van der Waals surface area contributed by atoms with Crippen LogP contribution in [0.4, 0.5) is 4.39 Å². The summed E-state index contributed by atoms with van der Waals surface area (Å²) >= 11 is 1.73. The minimum Gasteiger partial charge on any atom is -0.469 e. The van der Waals surface area contributed by atoms with Crippen molar-refractivity contribution in [1.82, 2.24) is 10.1 Å². The molecule has 4 rings (SSSR count). The van der Waals surface area contributed by atoms with E-state index in [0.717, 1.165) is 50.0 Å². The van der Waals surface area contributed by atoms with E-state index in [1.54, 1.807) is 17.4 Å². The Labute approximate surface area is 173 Å². The lowest BCUT2D eigenvalue weighted by Crippen LogP contribution is -2.37. The molecule has 0 radical (unpaired) electrons. The molecule has 2 aromatic heterocycles. The van der Waals surface area contributed by atoms with Crippen molar-refractivity contribution in [2.75, 3.05) is 26.7 Å². The standard InChI is InChI=1S/C22H25FN2O3S/c1-27-21(26)12-15(11-18-3-2-10-29-18)14-25-8-6-16(7-9-25)22-19-5-4-17(23)13-20(19)28-24-22/h2-5,10,13,15-16H,6-9,11-12,14H2,1H3/t15-/m0/s1. The lowest BCUT2D eigenvalue weighted by atomic mass is 9.90. The van der Waals surface area contributed by atoms with E-state index < -0.39 is 0 Å². The monoisotopic (exact) mass is 416 g/mol. The fraction of sp³-hybridized carbons (Fsp3) is 0.455. The normalized spacial score (nSPS) is 16.9. The van der Waals surface area contributed by atoms with Gasteiger partial charge >= 0.3 is 5.97 Å².